The maximum atomic E-state index is 9.49. The molecule has 0 aliphatic heterocycles. The lowest BCUT2D eigenvalue weighted by atomic mass is 10.2. The van der Waals surface area contributed by atoms with Gasteiger partial charge < -0.3 is 14.9 Å². The van der Waals surface area contributed by atoms with E-state index in [0.29, 0.717) is 18.9 Å². The molecule has 104 valence electrons. The van der Waals surface area contributed by atoms with Crippen LogP contribution in [-0.4, -0.2) is 44.1 Å². The monoisotopic (exact) mass is 265 g/mol. The lowest BCUT2D eigenvalue weighted by Gasteiger charge is -2.08. The molecule has 2 aromatic rings. The Morgan fingerprint density at radius 1 is 1.42 bits per heavy atom. The van der Waals surface area contributed by atoms with Gasteiger partial charge in [-0.3, -0.25) is 0 Å². The van der Waals surface area contributed by atoms with Gasteiger partial charge in [0.1, 0.15) is 11.8 Å². The van der Waals surface area contributed by atoms with Crippen molar-refractivity contribution in [2.75, 3.05) is 13.2 Å². The summed E-state index contributed by atoms with van der Waals surface area (Å²) in [7, 11) is 0. The molecule has 2 N–H and O–H groups in total. The topological polar surface area (TPSA) is 79.9 Å². The molecule has 2 aromatic heterocycles. The number of fused-ring (bicyclic) bond motifs is 1. The number of hydrogen-bond donors (Lipinski definition) is 2. The quantitative estimate of drug-likeness (QED) is 0.724. The van der Waals surface area contributed by atoms with Crippen molar-refractivity contribution >= 4 is 5.52 Å². The number of unbranched alkanes of at least 4 members (excludes halogenated alkanes) is 1. The summed E-state index contributed by atoms with van der Waals surface area (Å²) >= 11 is 0. The Hall–Kier alpha value is -1.66. The largest absolute Gasteiger partial charge is 0.476 e. The molecule has 0 radical (unpaired) electrons. The van der Waals surface area contributed by atoms with Gasteiger partial charge in [-0.25, -0.2) is 4.52 Å². The van der Waals surface area contributed by atoms with Gasteiger partial charge >= 0.3 is 0 Å². The molecule has 0 aliphatic rings. The minimum atomic E-state index is -0.780. The number of aromatic nitrogens is 3. The first-order valence-corrected chi connectivity index (χ1v) is 6.49. The molecule has 1 unspecified atom stereocenters. The van der Waals surface area contributed by atoms with E-state index in [1.165, 1.54) is 6.33 Å². The van der Waals surface area contributed by atoms with Crippen molar-refractivity contribution in [1.29, 1.82) is 0 Å². The summed E-state index contributed by atoms with van der Waals surface area (Å²) < 4.78 is 7.31. The smallest absolute Gasteiger partial charge is 0.241 e. The molecular weight excluding hydrogens is 246 g/mol. The maximum absolute atomic E-state index is 9.49. The van der Waals surface area contributed by atoms with Crippen molar-refractivity contribution in [3.63, 3.8) is 0 Å². The van der Waals surface area contributed by atoms with Crippen LogP contribution in [0, 0.1) is 0 Å². The van der Waals surface area contributed by atoms with E-state index in [2.05, 4.69) is 17.0 Å². The molecule has 0 saturated heterocycles. The Morgan fingerprint density at radius 3 is 3.00 bits per heavy atom. The van der Waals surface area contributed by atoms with Crippen molar-refractivity contribution in [2.24, 2.45) is 0 Å². The standard InChI is InChI=1S/C13H19N3O3/c1-2-3-6-19-13-12-5-4-10(7-11(18)8-17)16(12)15-9-14-13/h4-5,9,11,17-18H,2-3,6-8H2,1H3. The van der Waals surface area contributed by atoms with Crippen LogP contribution in [0.1, 0.15) is 25.5 Å². The average molecular weight is 265 g/mol. The molecule has 0 aliphatic carbocycles. The molecule has 0 spiro atoms. The summed E-state index contributed by atoms with van der Waals surface area (Å²) in [5, 5.41) is 22.5. The normalized spacial score (nSPS) is 12.8. The summed E-state index contributed by atoms with van der Waals surface area (Å²) in [6.45, 7) is 2.46. The Bertz CT molecular complexity index is 527. The molecular formula is C13H19N3O3. The van der Waals surface area contributed by atoms with Crippen molar-refractivity contribution in [1.82, 2.24) is 14.6 Å². The van der Waals surface area contributed by atoms with E-state index >= 15 is 0 Å². The number of rotatable bonds is 7. The van der Waals surface area contributed by atoms with Gasteiger partial charge in [0.25, 0.3) is 0 Å². The predicted octanol–water partition coefficient (Wildman–Crippen LogP) is 0.804. The minimum Gasteiger partial charge on any atom is -0.476 e. The van der Waals surface area contributed by atoms with Crippen LogP contribution in [0.15, 0.2) is 18.5 Å². The highest BCUT2D eigenvalue weighted by Crippen LogP contribution is 2.19. The number of nitrogens with zero attached hydrogens (tertiary/aromatic N) is 3. The van der Waals surface area contributed by atoms with Gasteiger partial charge in [-0.1, -0.05) is 13.3 Å². The first kappa shape index (κ1) is 13.8. The molecule has 6 heteroatoms. The van der Waals surface area contributed by atoms with Crippen LogP contribution < -0.4 is 4.74 Å². The van der Waals surface area contributed by atoms with Crippen molar-refractivity contribution < 1.29 is 14.9 Å². The Balaban J connectivity index is 2.21. The first-order chi connectivity index (χ1) is 9.26. The van der Waals surface area contributed by atoms with Crippen LogP contribution >= 0.6 is 0 Å². The van der Waals surface area contributed by atoms with Crippen molar-refractivity contribution in [3.8, 4) is 5.88 Å². The molecule has 0 aromatic carbocycles. The fourth-order valence-corrected chi connectivity index (χ4v) is 1.85. The third-order valence-corrected chi connectivity index (χ3v) is 2.89. The molecule has 0 bridgehead atoms. The van der Waals surface area contributed by atoms with Crippen LogP contribution in [0.5, 0.6) is 5.88 Å². The van der Waals surface area contributed by atoms with Crippen LogP contribution in [-0.2, 0) is 6.42 Å². The third-order valence-electron chi connectivity index (χ3n) is 2.89. The van der Waals surface area contributed by atoms with Crippen molar-refractivity contribution in [2.45, 2.75) is 32.3 Å². The number of hydrogen-bond acceptors (Lipinski definition) is 5. The molecule has 2 heterocycles. The van der Waals surface area contributed by atoms with Crippen LogP contribution in [0.4, 0.5) is 0 Å². The van der Waals surface area contributed by atoms with Gasteiger partial charge in [-0.2, -0.15) is 10.1 Å². The molecule has 1 atom stereocenters. The summed E-state index contributed by atoms with van der Waals surface area (Å²) in [4.78, 5) is 4.13. The zero-order valence-electron chi connectivity index (χ0n) is 11.0. The second kappa shape index (κ2) is 6.49. The van der Waals surface area contributed by atoms with Crippen LogP contribution in [0.3, 0.4) is 0 Å². The molecule has 2 rings (SSSR count). The second-order valence-electron chi connectivity index (χ2n) is 4.43. The summed E-state index contributed by atoms with van der Waals surface area (Å²) in [6, 6.07) is 3.72. The van der Waals surface area contributed by atoms with Crippen LogP contribution in [0.25, 0.3) is 5.52 Å². The van der Waals surface area contributed by atoms with Gasteiger partial charge in [0, 0.05) is 12.1 Å². The number of aliphatic hydroxyl groups excluding tert-OH is 2. The highest BCUT2D eigenvalue weighted by molar-refractivity contribution is 5.57. The van der Waals surface area contributed by atoms with E-state index in [1.54, 1.807) is 4.52 Å². The molecule has 0 saturated carbocycles. The summed E-state index contributed by atoms with van der Waals surface area (Å²) in [5.74, 6) is 0.549. The summed E-state index contributed by atoms with van der Waals surface area (Å²) in [6.07, 6.45) is 3.04. The summed E-state index contributed by atoms with van der Waals surface area (Å²) in [5.41, 5.74) is 1.60. The third kappa shape index (κ3) is 3.21. The van der Waals surface area contributed by atoms with E-state index in [0.717, 1.165) is 24.1 Å². The van der Waals surface area contributed by atoms with E-state index < -0.39 is 6.10 Å². The fraction of sp³-hybridized carbons (Fsp3) is 0.538. The molecule has 0 amide bonds. The Labute approximate surface area is 111 Å². The minimum absolute atomic E-state index is 0.266. The molecule has 6 nitrogen and oxygen atoms in total. The van der Waals surface area contributed by atoms with Crippen molar-refractivity contribution in [3.05, 3.63) is 24.2 Å². The Morgan fingerprint density at radius 2 is 2.26 bits per heavy atom. The lowest BCUT2D eigenvalue weighted by Crippen LogP contribution is -2.16. The van der Waals surface area contributed by atoms with Gasteiger partial charge in [-0.05, 0) is 18.6 Å². The number of aliphatic hydroxyl groups is 2. The van der Waals surface area contributed by atoms with Gasteiger partial charge in [0.05, 0.1) is 19.3 Å². The molecule has 19 heavy (non-hydrogen) atoms. The second-order valence-corrected chi connectivity index (χ2v) is 4.43. The SMILES string of the molecule is CCCCOc1ncnn2c(CC(O)CO)ccc12. The van der Waals surface area contributed by atoms with E-state index in [-0.39, 0.29) is 6.61 Å². The Kier molecular flexibility index (Phi) is 4.70. The maximum Gasteiger partial charge on any atom is 0.241 e. The van der Waals surface area contributed by atoms with Gasteiger partial charge in [0.2, 0.25) is 5.88 Å². The molecule has 0 fully saturated rings. The number of ether oxygens (including phenoxy) is 1. The zero-order chi connectivity index (χ0) is 13.7. The highest BCUT2D eigenvalue weighted by Gasteiger charge is 2.12. The van der Waals surface area contributed by atoms with E-state index in [4.69, 9.17) is 9.84 Å². The van der Waals surface area contributed by atoms with E-state index in [9.17, 15) is 5.11 Å². The fourth-order valence-electron chi connectivity index (χ4n) is 1.85. The zero-order valence-corrected chi connectivity index (χ0v) is 11.0. The van der Waals surface area contributed by atoms with Crippen LogP contribution in [0.2, 0.25) is 0 Å². The first-order valence-electron chi connectivity index (χ1n) is 6.49. The van der Waals surface area contributed by atoms with Gasteiger partial charge in [0.15, 0.2) is 0 Å². The lowest BCUT2D eigenvalue weighted by molar-refractivity contribution is 0.0944. The highest BCUT2D eigenvalue weighted by atomic mass is 16.5. The predicted molar refractivity (Wildman–Crippen MR) is 70.2 cm³/mol. The van der Waals surface area contributed by atoms with Gasteiger partial charge in [-0.15, -0.1) is 0 Å². The van der Waals surface area contributed by atoms with E-state index in [1.807, 2.05) is 12.1 Å². The average Bonchev–Trinajstić information content (AvgIpc) is 2.83.